The molecule has 0 bridgehead atoms. The normalized spacial score (nSPS) is 19.2. The Morgan fingerprint density at radius 2 is 1.55 bits per heavy atom. The van der Waals surface area contributed by atoms with Crippen molar-refractivity contribution in [3.8, 4) is 12.1 Å². The lowest BCUT2D eigenvalue weighted by molar-refractivity contribution is 0.0580. The molecule has 0 saturated carbocycles. The minimum absolute atomic E-state index is 0.0993. The second kappa shape index (κ2) is 8.79. The smallest absolute Gasteiger partial charge is 0.0998 e. The highest BCUT2D eigenvalue weighted by molar-refractivity contribution is 5.32. The summed E-state index contributed by atoms with van der Waals surface area (Å²) in [6.07, 6.45) is 4.36. The van der Waals surface area contributed by atoms with Crippen LogP contribution in [0.25, 0.3) is 0 Å². The zero-order valence-electron chi connectivity index (χ0n) is 16.2. The van der Waals surface area contributed by atoms with Gasteiger partial charge in [-0.25, -0.2) is 0 Å². The maximum absolute atomic E-state index is 9.00. The van der Waals surface area contributed by atoms with E-state index in [0.717, 1.165) is 56.0 Å². The van der Waals surface area contributed by atoms with Gasteiger partial charge in [0.15, 0.2) is 0 Å². The second-order valence-corrected chi connectivity index (χ2v) is 7.40. The number of hydrazine groups is 1. The molecule has 1 unspecified atom stereocenters. The Balaban J connectivity index is 1.50. The van der Waals surface area contributed by atoms with Crippen molar-refractivity contribution in [2.75, 3.05) is 13.3 Å². The van der Waals surface area contributed by atoms with Gasteiger partial charge < -0.3 is 15.1 Å². The molecule has 0 aromatic heterocycles. The van der Waals surface area contributed by atoms with Gasteiger partial charge in [0, 0.05) is 25.9 Å². The van der Waals surface area contributed by atoms with E-state index < -0.39 is 0 Å². The van der Waals surface area contributed by atoms with Crippen LogP contribution in [0.4, 0.5) is 0 Å². The molecule has 4 rings (SSSR count). The lowest BCUT2D eigenvalue weighted by Crippen LogP contribution is -2.49. The highest BCUT2D eigenvalue weighted by Crippen LogP contribution is 2.23. The van der Waals surface area contributed by atoms with E-state index in [2.05, 4.69) is 33.7 Å². The monoisotopic (exact) mass is 385 g/mol. The summed E-state index contributed by atoms with van der Waals surface area (Å²) in [4.78, 5) is 2.26. The third kappa shape index (κ3) is 4.75. The van der Waals surface area contributed by atoms with Gasteiger partial charge in [-0.3, -0.25) is 0 Å². The van der Waals surface area contributed by atoms with E-state index in [0.29, 0.717) is 11.1 Å². The minimum atomic E-state index is 0.0993. The van der Waals surface area contributed by atoms with Crippen LogP contribution >= 0.6 is 0 Å². The van der Waals surface area contributed by atoms with Gasteiger partial charge in [0.2, 0.25) is 0 Å². The Morgan fingerprint density at radius 1 is 0.931 bits per heavy atom. The number of nitrogens with zero attached hydrogens (tertiary/aromatic N) is 4. The molecule has 1 fully saturated rings. The van der Waals surface area contributed by atoms with E-state index in [1.807, 2.05) is 48.5 Å². The van der Waals surface area contributed by atoms with Crippen LogP contribution in [-0.2, 0) is 17.8 Å². The van der Waals surface area contributed by atoms with E-state index in [-0.39, 0.29) is 6.10 Å². The number of hydrogen-bond donors (Lipinski definition) is 1. The summed E-state index contributed by atoms with van der Waals surface area (Å²) < 4.78 is 5.89. The van der Waals surface area contributed by atoms with Crippen LogP contribution < -0.4 is 5.43 Å². The molecule has 0 aliphatic carbocycles. The average Bonchev–Trinajstić information content (AvgIpc) is 3.30. The van der Waals surface area contributed by atoms with E-state index in [4.69, 9.17) is 15.3 Å². The molecule has 0 amide bonds. The fourth-order valence-electron chi connectivity index (χ4n) is 3.69. The van der Waals surface area contributed by atoms with Gasteiger partial charge in [-0.05, 0) is 48.2 Å². The van der Waals surface area contributed by atoms with Crippen LogP contribution in [0.3, 0.4) is 0 Å². The zero-order chi connectivity index (χ0) is 20.1. The van der Waals surface area contributed by atoms with Crippen molar-refractivity contribution in [1.82, 2.24) is 15.3 Å². The second-order valence-electron chi connectivity index (χ2n) is 7.40. The van der Waals surface area contributed by atoms with Crippen LogP contribution in [-0.4, -0.2) is 29.3 Å². The van der Waals surface area contributed by atoms with Crippen LogP contribution in [0.1, 0.15) is 35.1 Å². The number of ether oxygens (including phenoxy) is 1. The van der Waals surface area contributed by atoms with Crippen LogP contribution in [0, 0.1) is 22.7 Å². The predicted molar refractivity (Wildman–Crippen MR) is 108 cm³/mol. The third-order valence-corrected chi connectivity index (χ3v) is 5.16. The van der Waals surface area contributed by atoms with Crippen LogP contribution in [0.2, 0.25) is 0 Å². The third-order valence-electron chi connectivity index (χ3n) is 5.16. The van der Waals surface area contributed by atoms with Crippen molar-refractivity contribution in [1.29, 1.82) is 10.5 Å². The molecule has 1 saturated heterocycles. The molecule has 1 atom stereocenters. The maximum Gasteiger partial charge on any atom is 0.0998 e. The molecule has 2 heterocycles. The van der Waals surface area contributed by atoms with E-state index in [9.17, 15) is 0 Å². The molecule has 0 spiro atoms. The van der Waals surface area contributed by atoms with Gasteiger partial charge >= 0.3 is 0 Å². The quantitative estimate of drug-likeness (QED) is 0.852. The summed E-state index contributed by atoms with van der Waals surface area (Å²) in [5.74, 6) is 0. The average molecular weight is 385 g/mol. The Hall–Kier alpha value is -3.32. The van der Waals surface area contributed by atoms with Crippen molar-refractivity contribution in [3.05, 3.63) is 82.7 Å². The first-order valence-corrected chi connectivity index (χ1v) is 9.80. The number of rotatable bonds is 5. The van der Waals surface area contributed by atoms with Crippen molar-refractivity contribution in [3.63, 3.8) is 0 Å². The summed E-state index contributed by atoms with van der Waals surface area (Å²) in [5, 5.41) is 20.2. The van der Waals surface area contributed by atoms with Gasteiger partial charge in [-0.1, -0.05) is 24.3 Å². The number of benzene rings is 2. The van der Waals surface area contributed by atoms with Gasteiger partial charge in [-0.15, -0.1) is 0 Å². The lowest BCUT2D eigenvalue weighted by Gasteiger charge is -2.38. The number of hydrogen-bond acceptors (Lipinski definition) is 6. The van der Waals surface area contributed by atoms with Gasteiger partial charge in [-0.2, -0.15) is 15.5 Å². The Labute approximate surface area is 171 Å². The first-order chi connectivity index (χ1) is 14.2. The summed E-state index contributed by atoms with van der Waals surface area (Å²) in [7, 11) is 0. The summed E-state index contributed by atoms with van der Waals surface area (Å²) in [6, 6.07) is 19.7. The standard InChI is InChI=1S/C23H23N5O/c24-12-18-3-7-20(8-4-18)14-27-16-22(23-2-1-11-29-23)26-28(17-27)15-21-9-5-19(13-25)6-10-21/h3-10,16,23,26H,1-2,11,14-15,17H2. The fraction of sp³-hybridized carbons (Fsp3) is 0.304. The van der Waals surface area contributed by atoms with Crippen molar-refractivity contribution >= 4 is 0 Å². The van der Waals surface area contributed by atoms with Gasteiger partial charge in [0.05, 0.1) is 41.7 Å². The molecule has 146 valence electrons. The highest BCUT2D eigenvalue weighted by Gasteiger charge is 2.26. The van der Waals surface area contributed by atoms with E-state index in [1.54, 1.807) is 0 Å². The minimum Gasteiger partial charge on any atom is -0.372 e. The first kappa shape index (κ1) is 19.0. The Kier molecular flexibility index (Phi) is 5.76. The Bertz CT molecular complexity index is 947. The lowest BCUT2D eigenvalue weighted by atomic mass is 10.1. The van der Waals surface area contributed by atoms with E-state index >= 15 is 0 Å². The molecule has 6 nitrogen and oxygen atoms in total. The molecule has 2 aliphatic rings. The Morgan fingerprint density at radius 3 is 2.10 bits per heavy atom. The maximum atomic E-state index is 9.00. The predicted octanol–water partition coefficient (Wildman–Crippen LogP) is 3.23. The van der Waals surface area contributed by atoms with Gasteiger partial charge in [0.1, 0.15) is 0 Å². The summed E-state index contributed by atoms with van der Waals surface area (Å²) in [5.41, 5.74) is 8.25. The molecule has 29 heavy (non-hydrogen) atoms. The number of nitrogens with one attached hydrogen (secondary N) is 1. The molecule has 2 aromatic carbocycles. The van der Waals surface area contributed by atoms with Gasteiger partial charge in [0.25, 0.3) is 0 Å². The van der Waals surface area contributed by atoms with Crippen LogP contribution in [0.5, 0.6) is 0 Å². The van der Waals surface area contributed by atoms with E-state index in [1.165, 1.54) is 0 Å². The molecule has 2 aliphatic heterocycles. The molecule has 1 N–H and O–H groups in total. The zero-order valence-corrected chi connectivity index (χ0v) is 16.2. The van der Waals surface area contributed by atoms with Crippen molar-refractivity contribution in [2.45, 2.75) is 32.0 Å². The van der Waals surface area contributed by atoms with Crippen LogP contribution in [0.15, 0.2) is 60.4 Å². The SMILES string of the molecule is N#Cc1ccc(CN2C=C(C3CCCO3)NN(Cc3ccc(C#N)cc3)C2)cc1. The first-order valence-electron chi connectivity index (χ1n) is 9.80. The molecule has 6 heteroatoms. The van der Waals surface area contributed by atoms with Crippen molar-refractivity contribution < 1.29 is 4.74 Å². The largest absolute Gasteiger partial charge is 0.372 e. The topological polar surface area (TPSA) is 75.3 Å². The molecule has 0 radical (unpaired) electrons. The molecule has 2 aromatic rings. The highest BCUT2D eigenvalue weighted by atomic mass is 16.5. The fourth-order valence-corrected chi connectivity index (χ4v) is 3.69. The van der Waals surface area contributed by atoms with Crippen molar-refractivity contribution in [2.24, 2.45) is 0 Å². The summed E-state index contributed by atoms with van der Waals surface area (Å²) >= 11 is 0. The molecular formula is C23H23N5O. The molecular weight excluding hydrogens is 362 g/mol. The number of nitriles is 2. The summed E-state index contributed by atoms with van der Waals surface area (Å²) in [6.45, 7) is 3.00.